The van der Waals surface area contributed by atoms with Crippen molar-refractivity contribution in [2.75, 3.05) is 13.2 Å². The van der Waals surface area contributed by atoms with Gasteiger partial charge in [-0.2, -0.15) is 18.3 Å². The van der Waals surface area contributed by atoms with Crippen LogP contribution >= 0.6 is 0 Å². The number of quaternary nitrogens is 1. The summed E-state index contributed by atoms with van der Waals surface area (Å²) in [4.78, 5) is 0. The molecule has 1 atom stereocenters. The summed E-state index contributed by atoms with van der Waals surface area (Å²) in [5, 5.41) is 4.82. The van der Waals surface area contributed by atoms with Gasteiger partial charge < -0.3 is 15.2 Å². The Hall–Kier alpha value is -1.81. The molecule has 0 amide bonds. The zero-order valence-electron chi connectivity index (χ0n) is 13.7. The maximum Gasteiger partial charge on any atom is 0.416 e. The molecule has 0 bridgehead atoms. The Bertz CT molecular complexity index is 614. The monoisotopic (exact) mass is 359 g/mol. The summed E-state index contributed by atoms with van der Waals surface area (Å²) in [6.45, 7) is 0.521. The summed E-state index contributed by atoms with van der Waals surface area (Å²) in [5.41, 5.74) is 12.5. The van der Waals surface area contributed by atoms with Gasteiger partial charge in [-0.15, -0.1) is 0 Å². The van der Waals surface area contributed by atoms with Gasteiger partial charge in [-0.3, -0.25) is 5.32 Å². The zero-order valence-corrected chi connectivity index (χ0v) is 13.7. The van der Waals surface area contributed by atoms with E-state index >= 15 is 0 Å². The second-order valence-electron chi connectivity index (χ2n) is 5.66. The summed E-state index contributed by atoms with van der Waals surface area (Å²) in [7, 11) is 0. The normalized spacial score (nSPS) is 19.0. The van der Waals surface area contributed by atoms with Gasteiger partial charge in [0, 0.05) is 19.2 Å². The third-order valence-corrected chi connectivity index (χ3v) is 3.83. The van der Waals surface area contributed by atoms with Crippen LogP contribution in [0.25, 0.3) is 0 Å². The SMILES string of the molecule is N=NC(=C[NH2+]c1ccc(CN)c(C(F)(F)F)c1)COC1CCCCO1. The lowest BCUT2D eigenvalue weighted by molar-refractivity contribution is -0.497. The second-order valence-corrected chi connectivity index (χ2v) is 5.66. The van der Waals surface area contributed by atoms with E-state index in [4.69, 9.17) is 20.7 Å². The lowest BCUT2D eigenvalue weighted by atomic mass is 10.1. The molecule has 1 saturated heterocycles. The Kier molecular flexibility index (Phi) is 7.06. The van der Waals surface area contributed by atoms with Gasteiger partial charge in [-0.05, 0) is 30.9 Å². The van der Waals surface area contributed by atoms with Crippen LogP contribution in [0, 0.1) is 5.53 Å². The van der Waals surface area contributed by atoms with Crippen LogP contribution in [-0.4, -0.2) is 19.5 Å². The van der Waals surface area contributed by atoms with Crippen LogP contribution in [0.4, 0.5) is 18.9 Å². The molecular weight excluding hydrogens is 337 g/mol. The van der Waals surface area contributed by atoms with E-state index in [1.54, 1.807) is 6.07 Å². The fraction of sp³-hybridized carbons (Fsp3) is 0.500. The molecule has 1 heterocycles. The Morgan fingerprint density at radius 3 is 2.84 bits per heavy atom. The van der Waals surface area contributed by atoms with E-state index < -0.39 is 11.7 Å². The molecule has 5 N–H and O–H groups in total. The lowest BCUT2D eigenvalue weighted by Crippen LogP contribution is -2.71. The van der Waals surface area contributed by atoms with E-state index in [0.717, 1.165) is 25.3 Å². The highest BCUT2D eigenvalue weighted by Crippen LogP contribution is 2.32. The standard InChI is InChI=1S/C16H21F3N4O2/c17-16(18,19)14-7-12(5-4-11(14)8-20)22-9-13(23-21)10-25-15-3-1-2-6-24-15/h4-5,7,9,15,21-22H,1-3,6,8,10,20H2/p+1. The fourth-order valence-electron chi connectivity index (χ4n) is 2.47. The van der Waals surface area contributed by atoms with Crippen molar-refractivity contribution in [3.63, 3.8) is 0 Å². The topological polar surface area (TPSA) is 97.3 Å². The predicted molar refractivity (Wildman–Crippen MR) is 83.7 cm³/mol. The van der Waals surface area contributed by atoms with Crippen molar-refractivity contribution in [2.45, 2.75) is 38.3 Å². The summed E-state index contributed by atoms with van der Waals surface area (Å²) >= 11 is 0. The van der Waals surface area contributed by atoms with E-state index in [1.807, 2.05) is 0 Å². The van der Waals surface area contributed by atoms with E-state index in [2.05, 4.69) is 5.11 Å². The first-order chi connectivity index (χ1) is 11.9. The Morgan fingerprint density at radius 1 is 1.44 bits per heavy atom. The number of benzene rings is 1. The van der Waals surface area contributed by atoms with E-state index in [9.17, 15) is 13.2 Å². The summed E-state index contributed by atoms with van der Waals surface area (Å²) in [6.07, 6.45) is -0.523. The third-order valence-electron chi connectivity index (χ3n) is 3.83. The molecule has 0 radical (unpaired) electrons. The molecule has 0 saturated carbocycles. The highest BCUT2D eigenvalue weighted by atomic mass is 19.4. The van der Waals surface area contributed by atoms with Crippen LogP contribution in [0.1, 0.15) is 30.4 Å². The van der Waals surface area contributed by atoms with Crippen molar-refractivity contribution in [1.29, 1.82) is 5.53 Å². The minimum atomic E-state index is -4.47. The molecule has 2 rings (SSSR count). The first-order valence-electron chi connectivity index (χ1n) is 7.99. The van der Waals surface area contributed by atoms with Crippen molar-refractivity contribution in [1.82, 2.24) is 0 Å². The van der Waals surface area contributed by atoms with E-state index in [0.29, 0.717) is 18.0 Å². The second kappa shape index (κ2) is 9.04. The molecular formula is C16H22F3N4O2+. The van der Waals surface area contributed by atoms with Crippen molar-refractivity contribution < 1.29 is 28.0 Å². The van der Waals surface area contributed by atoms with Gasteiger partial charge >= 0.3 is 6.18 Å². The lowest BCUT2D eigenvalue weighted by Gasteiger charge is -2.22. The average molecular weight is 359 g/mol. The molecule has 0 aliphatic carbocycles. The number of alkyl halides is 3. The number of ether oxygens (including phenoxy) is 2. The first kappa shape index (κ1) is 19.5. The third kappa shape index (κ3) is 5.89. The molecule has 138 valence electrons. The van der Waals surface area contributed by atoms with Crippen molar-refractivity contribution in [3.8, 4) is 0 Å². The largest absolute Gasteiger partial charge is 0.416 e. The molecule has 1 aliphatic rings. The van der Waals surface area contributed by atoms with E-state index in [-0.39, 0.29) is 25.0 Å². The molecule has 1 unspecified atom stereocenters. The molecule has 25 heavy (non-hydrogen) atoms. The van der Waals surface area contributed by atoms with Crippen LogP contribution in [0.5, 0.6) is 0 Å². The zero-order chi connectivity index (χ0) is 18.3. The molecule has 0 aromatic heterocycles. The number of hydrogen-bond acceptors (Lipinski definition) is 5. The van der Waals surface area contributed by atoms with Crippen molar-refractivity contribution >= 4 is 5.69 Å². The van der Waals surface area contributed by atoms with Crippen LogP contribution in [0.15, 0.2) is 35.2 Å². The number of nitrogens with two attached hydrogens (primary N) is 2. The van der Waals surface area contributed by atoms with Gasteiger partial charge in [-0.1, -0.05) is 6.07 Å². The van der Waals surface area contributed by atoms with E-state index in [1.165, 1.54) is 17.6 Å². The van der Waals surface area contributed by atoms with Crippen LogP contribution < -0.4 is 11.1 Å². The van der Waals surface area contributed by atoms with Gasteiger partial charge in [0.05, 0.1) is 12.2 Å². The maximum atomic E-state index is 13.0. The highest BCUT2D eigenvalue weighted by molar-refractivity contribution is 5.41. The van der Waals surface area contributed by atoms with Crippen molar-refractivity contribution in [2.24, 2.45) is 10.8 Å². The summed E-state index contributed by atoms with van der Waals surface area (Å²) in [5.74, 6) is 0. The quantitative estimate of drug-likeness (QED) is 0.516. The van der Waals surface area contributed by atoms with Gasteiger partial charge in [0.15, 0.2) is 6.29 Å². The highest BCUT2D eigenvalue weighted by Gasteiger charge is 2.33. The van der Waals surface area contributed by atoms with Gasteiger partial charge in [0.25, 0.3) is 0 Å². The Balaban J connectivity index is 2.01. The summed E-state index contributed by atoms with van der Waals surface area (Å²) in [6, 6.07) is 3.93. The molecule has 1 aliphatic heterocycles. The Morgan fingerprint density at radius 2 is 2.24 bits per heavy atom. The number of hydrogen-bond donors (Lipinski definition) is 3. The minimum absolute atomic E-state index is 0.0387. The predicted octanol–water partition coefficient (Wildman–Crippen LogP) is 2.77. The average Bonchev–Trinajstić information content (AvgIpc) is 2.62. The molecule has 0 spiro atoms. The minimum Gasteiger partial charge on any atom is -0.353 e. The number of nitrogens with zero attached hydrogens (tertiary/aromatic N) is 1. The molecule has 6 nitrogen and oxygen atoms in total. The number of halogens is 3. The Labute approximate surface area is 143 Å². The first-order valence-corrected chi connectivity index (χ1v) is 7.99. The summed E-state index contributed by atoms with van der Waals surface area (Å²) < 4.78 is 50.1. The number of rotatable bonds is 7. The molecule has 1 aromatic rings. The van der Waals surface area contributed by atoms with Crippen LogP contribution in [0.3, 0.4) is 0 Å². The van der Waals surface area contributed by atoms with Crippen molar-refractivity contribution in [3.05, 3.63) is 41.2 Å². The van der Waals surface area contributed by atoms with Gasteiger partial charge in [0.1, 0.15) is 17.6 Å². The fourth-order valence-corrected chi connectivity index (χ4v) is 2.47. The smallest absolute Gasteiger partial charge is 0.353 e. The van der Waals surface area contributed by atoms with Gasteiger partial charge in [0.2, 0.25) is 0 Å². The molecule has 1 aromatic carbocycles. The maximum absolute atomic E-state index is 13.0. The van der Waals surface area contributed by atoms with Gasteiger partial charge in [-0.25, -0.2) is 5.53 Å². The van der Waals surface area contributed by atoms with Crippen LogP contribution in [-0.2, 0) is 22.2 Å². The van der Waals surface area contributed by atoms with Crippen LogP contribution in [0.2, 0.25) is 0 Å². The molecule has 9 heteroatoms. The molecule has 1 fully saturated rings. The number of nitrogens with one attached hydrogen (secondary N) is 1.